The van der Waals surface area contributed by atoms with Crippen molar-refractivity contribution in [2.75, 3.05) is 0 Å². The van der Waals surface area contributed by atoms with Crippen molar-refractivity contribution in [3.63, 3.8) is 0 Å². The predicted molar refractivity (Wildman–Crippen MR) is 259 cm³/mol. The lowest BCUT2D eigenvalue weighted by Crippen LogP contribution is -2.15. The molecule has 0 aliphatic heterocycles. The van der Waals surface area contributed by atoms with Gasteiger partial charge in [0.2, 0.25) is 0 Å². The van der Waals surface area contributed by atoms with E-state index in [9.17, 15) is 5.26 Å². The smallest absolute Gasteiger partial charge is 0.309 e. The number of hydrogen-bond acceptors (Lipinski definition) is 9. The molecule has 12 aromatic rings. The van der Waals surface area contributed by atoms with Gasteiger partial charge in [0.15, 0.2) is 23.3 Å². The van der Waals surface area contributed by atoms with Crippen LogP contribution in [0.25, 0.3) is 112 Å². The first-order valence-electron chi connectivity index (χ1n) is 22.1. The molecular formula is C55H29F6N11. The van der Waals surface area contributed by atoms with Gasteiger partial charge in [0.25, 0.3) is 0 Å². The lowest BCUT2D eigenvalue weighted by Gasteiger charge is -2.24. The van der Waals surface area contributed by atoms with Crippen molar-refractivity contribution in [1.82, 2.24) is 49.0 Å². The fraction of sp³-hybridized carbons (Fsp3) is 0.0364. The number of benzene rings is 6. The molecule has 6 aromatic carbocycles. The molecule has 12 rings (SSSR count). The maximum Gasteiger partial charge on any atom is 0.417 e. The first kappa shape index (κ1) is 43.6. The van der Waals surface area contributed by atoms with Gasteiger partial charge in [-0.2, -0.15) is 31.6 Å². The Hall–Kier alpha value is -9.69. The van der Waals surface area contributed by atoms with E-state index in [0.717, 1.165) is 6.07 Å². The summed E-state index contributed by atoms with van der Waals surface area (Å²) in [5.41, 5.74) is -0.592. The van der Waals surface area contributed by atoms with Crippen molar-refractivity contribution >= 4 is 43.6 Å². The maximum absolute atomic E-state index is 15.5. The third-order valence-electron chi connectivity index (χ3n) is 12.5. The van der Waals surface area contributed by atoms with Gasteiger partial charge >= 0.3 is 12.4 Å². The van der Waals surface area contributed by atoms with Crippen LogP contribution in [0.2, 0.25) is 0 Å². The Labute approximate surface area is 403 Å². The number of nitrogens with zero attached hydrogens (tertiary/aromatic N) is 11. The fourth-order valence-corrected chi connectivity index (χ4v) is 9.47. The summed E-state index contributed by atoms with van der Waals surface area (Å²) >= 11 is 0. The Morgan fingerprint density at radius 1 is 0.375 bits per heavy atom. The van der Waals surface area contributed by atoms with Gasteiger partial charge in [0.1, 0.15) is 6.07 Å². The molecule has 17 heteroatoms. The van der Waals surface area contributed by atoms with Crippen LogP contribution in [-0.4, -0.2) is 49.0 Å². The summed E-state index contributed by atoms with van der Waals surface area (Å²) in [6, 6.07) is 34.8. The predicted octanol–water partition coefficient (Wildman–Crippen LogP) is 13.3. The van der Waals surface area contributed by atoms with Crippen molar-refractivity contribution in [2.45, 2.75) is 12.4 Å². The standard InChI is InChI=1S/C55H29F6N11/c56-54(57,58)41-6-1-7-42(55(59,60)61)49(41)40-29-47(71-43-12-8-31(50-63-16-2-17-64-50)24-36(43)37-25-32(9-13-44(37)71)51-65-18-3-19-66-51)35(30-62)28-48(40)72-45-14-10-33(52-67-20-4-21-68-52)26-38(45)39-27-34(11-15-46(39)72)53-69-22-5-23-70-53/h1-29H. The van der Waals surface area contributed by atoms with Gasteiger partial charge in [-0.05, 0) is 121 Å². The summed E-state index contributed by atoms with van der Waals surface area (Å²) in [6.07, 6.45) is 2.19. The molecule has 0 aliphatic rings. The molecule has 0 fully saturated rings. The summed E-state index contributed by atoms with van der Waals surface area (Å²) < 4.78 is 96.3. The van der Waals surface area contributed by atoms with Crippen LogP contribution in [0.1, 0.15) is 16.7 Å². The molecule has 6 heterocycles. The third-order valence-corrected chi connectivity index (χ3v) is 12.5. The number of nitriles is 1. The van der Waals surface area contributed by atoms with Crippen molar-refractivity contribution in [1.29, 1.82) is 5.26 Å². The molecule has 0 aliphatic carbocycles. The maximum atomic E-state index is 15.5. The molecular weight excluding hydrogens is 929 g/mol. The number of halogens is 6. The minimum absolute atomic E-state index is 0.0153. The van der Waals surface area contributed by atoms with E-state index in [-0.39, 0.29) is 16.9 Å². The highest BCUT2D eigenvalue weighted by Crippen LogP contribution is 2.49. The van der Waals surface area contributed by atoms with E-state index in [1.807, 2.05) is 24.3 Å². The number of alkyl halides is 6. The second-order valence-electron chi connectivity index (χ2n) is 16.6. The zero-order valence-electron chi connectivity index (χ0n) is 36.9. The van der Waals surface area contributed by atoms with Gasteiger partial charge in [-0.25, -0.2) is 39.9 Å². The Kier molecular flexibility index (Phi) is 10.2. The number of aromatic nitrogens is 10. The number of fused-ring (bicyclic) bond motifs is 6. The molecule has 0 spiro atoms. The highest BCUT2D eigenvalue weighted by molar-refractivity contribution is 6.13. The highest BCUT2D eigenvalue weighted by atomic mass is 19.4. The zero-order valence-corrected chi connectivity index (χ0v) is 36.9. The van der Waals surface area contributed by atoms with Crippen LogP contribution in [0.15, 0.2) is 177 Å². The van der Waals surface area contributed by atoms with Gasteiger partial charge in [-0.3, -0.25) is 0 Å². The van der Waals surface area contributed by atoms with Crippen LogP contribution >= 0.6 is 0 Å². The van der Waals surface area contributed by atoms with E-state index in [2.05, 4.69) is 45.9 Å². The summed E-state index contributed by atoms with van der Waals surface area (Å²) in [5.74, 6) is 1.58. The van der Waals surface area contributed by atoms with Crippen molar-refractivity contribution in [2.24, 2.45) is 0 Å². The van der Waals surface area contributed by atoms with Crippen LogP contribution in [-0.2, 0) is 12.4 Å². The lowest BCUT2D eigenvalue weighted by molar-refractivity contribution is -0.142. The van der Waals surface area contributed by atoms with Crippen LogP contribution < -0.4 is 0 Å². The van der Waals surface area contributed by atoms with Gasteiger partial charge in [-0.15, -0.1) is 0 Å². The van der Waals surface area contributed by atoms with Crippen LogP contribution in [0.3, 0.4) is 0 Å². The first-order chi connectivity index (χ1) is 34.9. The summed E-state index contributed by atoms with van der Waals surface area (Å²) in [4.78, 5) is 35.4. The molecule has 72 heavy (non-hydrogen) atoms. The van der Waals surface area contributed by atoms with Crippen molar-refractivity contribution in [3.8, 4) is 74.1 Å². The van der Waals surface area contributed by atoms with Gasteiger partial charge in [-0.1, -0.05) is 6.07 Å². The molecule has 11 nitrogen and oxygen atoms in total. The molecule has 346 valence electrons. The molecule has 0 N–H and O–H groups in total. The Balaban J connectivity index is 1.22. The summed E-state index contributed by atoms with van der Waals surface area (Å²) in [6.45, 7) is 0. The van der Waals surface area contributed by atoms with Crippen LogP contribution in [0, 0.1) is 11.3 Å². The molecule has 0 radical (unpaired) electrons. The van der Waals surface area contributed by atoms with E-state index >= 15 is 26.3 Å². The quantitative estimate of drug-likeness (QED) is 0.143. The zero-order chi connectivity index (χ0) is 49.3. The Morgan fingerprint density at radius 3 is 1.00 bits per heavy atom. The number of hydrogen-bond donors (Lipinski definition) is 0. The second kappa shape index (κ2) is 16.8. The van der Waals surface area contributed by atoms with Crippen molar-refractivity contribution in [3.05, 3.63) is 194 Å². The second-order valence-corrected chi connectivity index (χ2v) is 16.6. The normalized spacial score (nSPS) is 12.0. The minimum atomic E-state index is -5.27. The van der Waals surface area contributed by atoms with E-state index in [1.54, 1.807) is 132 Å². The minimum Gasteiger partial charge on any atom is -0.309 e. The van der Waals surface area contributed by atoms with Gasteiger partial charge in [0, 0.05) is 105 Å². The Bertz CT molecular complexity index is 3910. The highest BCUT2D eigenvalue weighted by Gasteiger charge is 2.42. The summed E-state index contributed by atoms with van der Waals surface area (Å²) in [7, 11) is 0. The largest absolute Gasteiger partial charge is 0.417 e. The average molecular weight is 958 g/mol. The molecule has 6 aromatic heterocycles. The lowest BCUT2D eigenvalue weighted by atomic mass is 9.90. The molecule has 0 bridgehead atoms. The van der Waals surface area contributed by atoms with Crippen LogP contribution in [0.5, 0.6) is 0 Å². The summed E-state index contributed by atoms with van der Waals surface area (Å²) in [5, 5.41) is 13.6. The molecule has 0 unspecified atom stereocenters. The molecule has 0 atom stereocenters. The monoisotopic (exact) mass is 957 g/mol. The topological polar surface area (TPSA) is 137 Å². The number of rotatable bonds is 7. The van der Waals surface area contributed by atoms with E-state index < -0.39 is 34.6 Å². The first-order valence-corrected chi connectivity index (χ1v) is 22.1. The molecule has 0 amide bonds. The van der Waals surface area contributed by atoms with E-state index in [1.165, 1.54) is 12.1 Å². The van der Waals surface area contributed by atoms with Gasteiger partial charge in [0.05, 0.1) is 50.1 Å². The van der Waals surface area contributed by atoms with E-state index in [4.69, 9.17) is 0 Å². The van der Waals surface area contributed by atoms with Crippen molar-refractivity contribution < 1.29 is 26.3 Å². The van der Waals surface area contributed by atoms with Gasteiger partial charge < -0.3 is 9.13 Å². The molecule has 0 saturated heterocycles. The average Bonchev–Trinajstić information content (AvgIpc) is 3.92. The fourth-order valence-electron chi connectivity index (χ4n) is 9.47. The Morgan fingerprint density at radius 2 is 0.694 bits per heavy atom. The molecule has 0 saturated carbocycles. The van der Waals surface area contributed by atoms with E-state index in [0.29, 0.717) is 101 Å². The third kappa shape index (κ3) is 7.31. The SMILES string of the molecule is N#Cc1cc(-n2c3ccc(-c4ncccn4)cc3c3cc(-c4ncccn4)ccc32)c(-c2c(C(F)(F)F)cccc2C(F)(F)F)cc1-n1c2ccc(-c3ncccn3)cc2c2cc(-c3ncccn3)ccc21. The van der Waals surface area contributed by atoms with Crippen LogP contribution in [0.4, 0.5) is 26.3 Å².